The molecule has 1 N–H and O–H groups in total. The van der Waals surface area contributed by atoms with Crippen LogP contribution >= 0.6 is 11.6 Å². The van der Waals surface area contributed by atoms with E-state index in [1.165, 1.54) is 12.1 Å². The fraction of sp³-hybridized carbons (Fsp3) is 0.533. The lowest BCUT2D eigenvalue weighted by Gasteiger charge is -2.36. The first-order chi connectivity index (χ1) is 11.0. The van der Waals surface area contributed by atoms with Crippen molar-refractivity contribution < 1.29 is 9.72 Å². The van der Waals surface area contributed by atoms with Gasteiger partial charge in [-0.15, -0.1) is 0 Å². The molecule has 0 saturated carbocycles. The number of hydrogen-bond donors (Lipinski definition) is 1. The fourth-order valence-corrected chi connectivity index (χ4v) is 2.83. The molecule has 1 fully saturated rings. The van der Waals surface area contributed by atoms with E-state index in [0.717, 1.165) is 38.3 Å². The van der Waals surface area contributed by atoms with E-state index in [1.54, 1.807) is 6.07 Å². The molecule has 1 aliphatic heterocycles. The van der Waals surface area contributed by atoms with E-state index in [0.29, 0.717) is 18.1 Å². The maximum atomic E-state index is 11.7. The van der Waals surface area contributed by atoms with Crippen LogP contribution < -0.4 is 10.2 Å². The van der Waals surface area contributed by atoms with Gasteiger partial charge in [0.1, 0.15) is 0 Å². The molecular formula is C15H21ClN4O3. The van der Waals surface area contributed by atoms with Crippen molar-refractivity contribution in [2.75, 3.05) is 44.2 Å². The highest BCUT2D eigenvalue weighted by Crippen LogP contribution is 2.30. The van der Waals surface area contributed by atoms with Gasteiger partial charge in [0.25, 0.3) is 5.69 Å². The molecule has 126 valence electrons. The standard InChI is InChI=1S/C15H21ClN4O3/c1-2-5-17-15(21)11-18-6-8-19(9-7-18)14-4-3-12(20(22)23)10-13(14)16/h3-4,10H,2,5-9,11H2,1H3,(H,17,21). The Morgan fingerprint density at radius 1 is 1.35 bits per heavy atom. The molecule has 1 aliphatic rings. The lowest BCUT2D eigenvalue weighted by molar-refractivity contribution is -0.384. The van der Waals surface area contributed by atoms with Gasteiger partial charge < -0.3 is 10.2 Å². The number of nitrogens with zero attached hydrogens (tertiary/aromatic N) is 3. The molecular weight excluding hydrogens is 320 g/mol. The number of nitro groups is 1. The molecule has 0 aromatic heterocycles. The normalized spacial score (nSPS) is 15.5. The van der Waals surface area contributed by atoms with E-state index < -0.39 is 4.92 Å². The second-order valence-corrected chi connectivity index (χ2v) is 5.91. The van der Waals surface area contributed by atoms with Crippen molar-refractivity contribution in [1.29, 1.82) is 0 Å². The largest absolute Gasteiger partial charge is 0.368 e. The Labute approximate surface area is 140 Å². The predicted molar refractivity (Wildman–Crippen MR) is 90.1 cm³/mol. The summed E-state index contributed by atoms with van der Waals surface area (Å²) >= 11 is 6.16. The Hall–Kier alpha value is -1.86. The third-order valence-electron chi connectivity index (χ3n) is 3.79. The van der Waals surface area contributed by atoms with Crippen molar-refractivity contribution >= 4 is 28.9 Å². The first kappa shape index (κ1) is 17.5. The summed E-state index contributed by atoms with van der Waals surface area (Å²) in [5.41, 5.74) is 0.789. The summed E-state index contributed by atoms with van der Waals surface area (Å²) in [6.07, 6.45) is 0.929. The summed E-state index contributed by atoms with van der Waals surface area (Å²) in [4.78, 5) is 26.2. The molecule has 1 aromatic rings. The molecule has 0 bridgehead atoms. The Bertz CT molecular complexity index is 574. The predicted octanol–water partition coefficient (Wildman–Crippen LogP) is 1.90. The minimum Gasteiger partial charge on any atom is -0.368 e. The zero-order valence-electron chi connectivity index (χ0n) is 13.1. The van der Waals surface area contributed by atoms with Crippen LogP contribution in [-0.2, 0) is 4.79 Å². The van der Waals surface area contributed by atoms with Gasteiger partial charge in [-0.25, -0.2) is 0 Å². The van der Waals surface area contributed by atoms with Crippen molar-refractivity contribution in [2.45, 2.75) is 13.3 Å². The van der Waals surface area contributed by atoms with E-state index in [-0.39, 0.29) is 11.6 Å². The van der Waals surface area contributed by atoms with Gasteiger partial charge in [-0.1, -0.05) is 18.5 Å². The summed E-state index contributed by atoms with van der Waals surface area (Å²) < 4.78 is 0. The molecule has 0 unspecified atom stereocenters. The number of carbonyl (C=O) groups is 1. The Morgan fingerprint density at radius 2 is 2.04 bits per heavy atom. The van der Waals surface area contributed by atoms with Crippen molar-refractivity contribution in [3.05, 3.63) is 33.3 Å². The minimum absolute atomic E-state index is 0.00928. The number of halogens is 1. The Balaban J connectivity index is 1.89. The molecule has 0 radical (unpaired) electrons. The number of benzene rings is 1. The van der Waals surface area contributed by atoms with Gasteiger partial charge in [0, 0.05) is 44.9 Å². The molecule has 1 heterocycles. The molecule has 2 rings (SSSR count). The number of hydrogen-bond acceptors (Lipinski definition) is 5. The van der Waals surface area contributed by atoms with Gasteiger partial charge in [-0.3, -0.25) is 19.8 Å². The summed E-state index contributed by atoms with van der Waals surface area (Å²) in [7, 11) is 0. The lowest BCUT2D eigenvalue weighted by Crippen LogP contribution is -2.49. The van der Waals surface area contributed by atoms with Crippen molar-refractivity contribution in [2.24, 2.45) is 0 Å². The van der Waals surface area contributed by atoms with Crippen LogP contribution in [0, 0.1) is 10.1 Å². The van der Waals surface area contributed by atoms with Crippen LogP contribution in [0.4, 0.5) is 11.4 Å². The molecule has 1 aromatic carbocycles. The van der Waals surface area contributed by atoms with E-state index in [9.17, 15) is 14.9 Å². The maximum Gasteiger partial charge on any atom is 0.271 e. The van der Waals surface area contributed by atoms with Crippen LogP contribution in [0.3, 0.4) is 0 Å². The number of amides is 1. The molecule has 23 heavy (non-hydrogen) atoms. The highest BCUT2D eigenvalue weighted by atomic mass is 35.5. The summed E-state index contributed by atoms with van der Waals surface area (Å²) in [6, 6.07) is 4.53. The van der Waals surface area contributed by atoms with Crippen LogP contribution in [-0.4, -0.2) is 55.0 Å². The van der Waals surface area contributed by atoms with E-state index in [1.807, 2.05) is 6.92 Å². The number of nitro benzene ring substituents is 1. The van der Waals surface area contributed by atoms with E-state index >= 15 is 0 Å². The number of carbonyl (C=O) groups excluding carboxylic acids is 1. The second-order valence-electron chi connectivity index (χ2n) is 5.51. The monoisotopic (exact) mass is 340 g/mol. The van der Waals surface area contributed by atoms with Gasteiger partial charge in [0.05, 0.1) is 22.2 Å². The Kier molecular flexibility index (Phi) is 6.18. The van der Waals surface area contributed by atoms with Crippen molar-refractivity contribution in [3.8, 4) is 0 Å². The first-order valence-corrected chi connectivity index (χ1v) is 8.07. The highest BCUT2D eigenvalue weighted by Gasteiger charge is 2.21. The number of non-ortho nitro benzene ring substituents is 1. The zero-order valence-corrected chi connectivity index (χ0v) is 13.9. The second kappa shape index (κ2) is 8.12. The zero-order chi connectivity index (χ0) is 16.8. The molecule has 0 aliphatic carbocycles. The number of anilines is 1. The van der Waals surface area contributed by atoms with Crippen LogP contribution in [0.25, 0.3) is 0 Å². The quantitative estimate of drug-likeness (QED) is 0.632. The van der Waals surface area contributed by atoms with Gasteiger partial charge in [0.15, 0.2) is 0 Å². The van der Waals surface area contributed by atoms with Crippen molar-refractivity contribution in [1.82, 2.24) is 10.2 Å². The van der Waals surface area contributed by atoms with Crippen LogP contribution in [0.2, 0.25) is 5.02 Å². The van der Waals surface area contributed by atoms with Gasteiger partial charge in [0.2, 0.25) is 5.91 Å². The minimum atomic E-state index is -0.456. The summed E-state index contributed by atoms with van der Waals surface area (Å²) in [5.74, 6) is 0.0497. The highest BCUT2D eigenvalue weighted by molar-refractivity contribution is 6.33. The van der Waals surface area contributed by atoms with E-state index in [2.05, 4.69) is 15.1 Å². The number of nitrogens with one attached hydrogen (secondary N) is 1. The number of rotatable bonds is 6. The molecule has 0 atom stereocenters. The third-order valence-corrected chi connectivity index (χ3v) is 4.10. The van der Waals surface area contributed by atoms with Gasteiger partial charge >= 0.3 is 0 Å². The van der Waals surface area contributed by atoms with Crippen molar-refractivity contribution in [3.63, 3.8) is 0 Å². The van der Waals surface area contributed by atoms with E-state index in [4.69, 9.17) is 11.6 Å². The summed E-state index contributed by atoms with van der Waals surface area (Å²) in [6.45, 7) is 6.11. The first-order valence-electron chi connectivity index (χ1n) is 7.69. The van der Waals surface area contributed by atoms with Gasteiger partial charge in [-0.2, -0.15) is 0 Å². The molecule has 0 spiro atoms. The molecule has 7 nitrogen and oxygen atoms in total. The molecule has 1 saturated heterocycles. The smallest absolute Gasteiger partial charge is 0.271 e. The van der Waals surface area contributed by atoms with Crippen LogP contribution in [0.1, 0.15) is 13.3 Å². The fourth-order valence-electron chi connectivity index (χ4n) is 2.54. The van der Waals surface area contributed by atoms with Crippen LogP contribution in [0.5, 0.6) is 0 Å². The average Bonchev–Trinajstić information content (AvgIpc) is 2.53. The van der Waals surface area contributed by atoms with Crippen LogP contribution in [0.15, 0.2) is 18.2 Å². The maximum absolute atomic E-state index is 11.7. The summed E-state index contributed by atoms with van der Waals surface area (Å²) in [5, 5.41) is 14.0. The lowest BCUT2D eigenvalue weighted by atomic mass is 10.2. The molecule has 1 amide bonds. The number of piperazine rings is 1. The topological polar surface area (TPSA) is 78.7 Å². The van der Waals surface area contributed by atoms with Gasteiger partial charge in [-0.05, 0) is 12.5 Å². The SMILES string of the molecule is CCCNC(=O)CN1CCN(c2ccc([N+](=O)[O-])cc2Cl)CC1. The molecule has 8 heteroatoms. The Morgan fingerprint density at radius 3 is 2.61 bits per heavy atom. The third kappa shape index (κ3) is 4.80. The average molecular weight is 341 g/mol.